The molecule has 3 saturated heterocycles. The van der Waals surface area contributed by atoms with Gasteiger partial charge in [-0.1, -0.05) is 11.6 Å². The molecule has 3 aliphatic heterocycles. The van der Waals surface area contributed by atoms with Crippen LogP contribution >= 0.6 is 11.6 Å². The minimum atomic E-state index is -1.69. The first-order valence-corrected chi connectivity index (χ1v) is 9.42. The average molecular weight is 416 g/mol. The Bertz CT molecular complexity index is 790. The van der Waals surface area contributed by atoms with E-state index in [0.29, 0.717) is 19.5 Å². The van der Waals surface area contributed by atoms with Crippen molar-refractivity contribution >= 4 is 23.5 Å². The van der Waals surface area contributed by atoms with Crippen molar-refractivity contribution in [1.82, 2.24) is 15.1 Å². The fraction of sp³-hybridized carbons (Fsp3) is 0.556. The van der Waals surface area contributed by atoms with Crippen molar-refractivity contribution in [1.29, 1.82) is 0 Å². The van der Waals surface area contributed by atoms with Crippen LogP contribution in [0.15, 0.2) is 18.2 Å². The molecule has 152 valence electrons. The van der Waals surface area contributed by atoms with Crippen molar-refractivity contribution in [3.63, 3.8) is 0 Å². The van der Waals surface area contributed by atoms with Crippen molar-refractivity contribution in [2.24, 2.45) is 0 Å². The largest absolute Gasteiger partial charge is 0.489 e. The lowest BCUT2D eigenvalue weighted by atomic mass is 9.97. The van der Waals surface area contributed by atoms with Crippen molar-refractivity contribution in [2.75, 3.05) is 39.4 Å². The number of carbonyl (C=O) groups excluding carboxylic acids is 2. The SMILES string of the molecule is O=C1CO[C@H]2CCN(C(=O)N3CC(F)(COc4ccc(F)cc4Cl)C3)CC2N1. The van der Waals surface area contributed by atoms with E-state index in [1.807, 2.05) is 0 Å². The Morgan fingerprint density at radius 3 is 2.93 bits per heavy atom. The molecule has 0 bridgehead atoms. The Hall–Kier alpha value is -2.13. The Morgan fingerprint density at radius 1 is 1.39 bits per heavy atom. The Labute approximate surface area is 165 Å². The number of urea groups is 1. The van der Waals surface area contributed by atoms with Crippen molar-refractivity contribution in [3.05, 3.63) is 29.0 Å². The molecule has 3 heterocycles. The van der Waals surface area contributed by atoms with Crippen LogP contribution in [0.2, 0.25) is 5.02 Å². The molecule has 7 nitrogen and oxygen atoms in total. The molecular formula is C18H20ClF2N3O4. The van der Waals surface area contributed by atoms with Crippen LogP contribution < -0.4 is 10.1 Å². The number of fused-ring (bicyclic) bond motifs is 1. The second-order valence-electron chi connectivity index (χ2n) is 7.41. The van der Waals surface area contributed by atoms with E-state index in [-0.39, 0.29) is 61.2 Å². The Kier molecular flexibility index (Phi) is 5.05. The number of likely N-dealkylation sites (tertiary alicyclic amines) is 2. The molecule has 28 heavy (non-hydrogen) atoms. The molecule has 3 aliphatic rings. The maximum absolute atomic E-state index is 14.8. The van der Waals surface area contributed by atoms with Gasteiger partial charge in [0, 0.05) is 13.1 Å². The van der Waals surface area contributed by atoms with Gasteiger partial charge in [0.15, 0.2) is 5.67 Å². The van der Waals surface area contributed by atoms with Gasteiger partial charge in [-0.25, -0.2) is 13.6 Å². The van der Waals surface area contributed by atoms with Crippen LogP contribution in [0.25, 0.3) is 0 Å². The minimum Gasteiger partial charge on any atom is -0.489 e. The molecule has 1 N–H and O–H groups in total. The molecule has 2 atom stereocenters. The fourth-order valence-electron chi connectivity index (χ4n) is 3.74. The van der Waals surface area contributed by atoms with Crippen molar-refractivity contribution in [2.45, 2.75) is 24.2 Å². The van der Waals surface area contributed by atoms with Crippen LogP contribution in [-0.4, -0.2) is 78.9 Å². The van der Waals surface area contributed by atoms with Crippen LogP contribution in [0, 0.1) is 5.82 Å². The van der Waals surface area contributed by atoms with Gasteiger partial charge in [-0.2, -0.15) is 0 Å². The van der Waals surface area contributed by atoms with Crippen molar-refractivity contribution in [3.8, 4) is 5.75 Å². The maximum Gasteiger partial charge on any atom is 0.320 e. The van der Waals surface area contributed by atoms with Gasteiger partial charge < -0.3 is 24.6 Å². The lowest BCUT2D eigenvalue weighted by Crippen LogP contribution is -2.68. The lowest BCUT2D eigenvalue weighted by Gasteiger charge is -2.48. The van der Waals surface area contributed by atoms with E-state index in [9.17, 15) is 18.4 Å². The van der Waals surface area contributed by atoms with E-state index in [1.54, 1.807) is 4.90 Å². The summed E-state index contributed by atoms with van der Waals surface area (Å²) in [5.41, 5.74) is -1.69. The molecule has 0 radical (unpaired) electrons. The molecule has 10 heteroatoms. The third kappa shape index (κ3) is 3.86. The first kappa shape index (κ1) is 19.2. The number of benzene rings is 1. The summed E-state index contributed by atoms with van der Waals surface area (Å²) in [6.07, 6.45) is 0.532. The predicted molar refractivity (Wildman–Crippen MR) is 95.6 cm³/mol. The van der Waals surface area contributed by atoms with Crippen molar-refractivity contribution < 1.29 is 27.8 Å². The summed E-state index contributed by atoms with van der Waals surface area (Å²) in [7, 11) is 0. The number of nitrogens with zero attached hydrogens (tertiary/aromatic N) is 2. The maximum atomic E-state index is 14.8. The van der Waals surface area contributed by atoms with Crippen LogP contribution in [0.1, 0.15) is 6.42 Å². The number of hydrogen-bond acceptors (Lipinski definition) is 4. The van der Waals surface area contributed by atoms with Gasteiger partial charge in [-0.3, -0.25) is 4.79 Å². The summed E-state index contributed by atoms with van der Waals surface area (Å²) in [4.78, 5) is 27.1. The lowest BCUT2D eigenvalue weighted by molar-refractivity contribution is -0.140. The molecule has 1 unspecified atom stereocenters. The predicted octanol–water partition coefficient (Wildman–Crippen LogP) is 1.59. The third-order valence-corrected chi connectivity index (χ3v) is 5.49. The number of morpholine rings is 1. The van der Waals surface area contributed by atoms with Crippen LogP contribution in [0.5, 0.6) is 5.75 Å². The minimum absolute atomic E-state index is 0.0453. The zero-order valence-electron chi connectivity index (χ0n) is 15.0. The number of nitrogens with one attached hydrogen (secondary N) is 1. The standard InChI is InChI=1S/C18H20ClF2N3O4/c19-12-5-11(20)1-2-14(12)28-10-18(21)8-24(9-18)17(26)23-4-3-15-13(6-23)22-16(25)7-27-15/h1-2,5,13,15H,3-4,6-10H2,(H,22,25)/t13?,15-/m0/s1. The van der Waals surface area contributed by atoms with Gasteiger partial charge in [0.2, 0.25) is 5.91 Å². The second kappa shape index (κ2) is 7.36. The molecule has 1 aromatic rings. The topological polar surface area (TPSA) is 71.1 Å². The van der Waals surface area contributed by atoms with Gasteiger partial charge in [0.25, 0.3) is 0 Å². The Morgan fingerprint density at radius 2 is 2.18 bits per heavy atom. The highest BCUT2D eigenvalue weighted by molar-refractivity contribution is 6.32. The Balaban J connectivity index is 1.28. The zero-order chi connectivity index (χ0) is 19.9. The first-order chi connectivity index (χ1) is 13.3. The highest BCUT2D eigenvalue weighted by Crippen LogP contribution is 2.31. The van der Waals surface area contributed by atoms with Gasteiger partial charge in [-0.15, -0.1) is 0 Å². The monoisotopic (exact) mass is 415 g/mol. The summed E-state index contributed by atoms with van der Waals surface area (Å²) in [5, 5.41) is 2.90. The van der Waals surface area contributed by atoms with Gasteiger partial charge in [-0.05, 0) is 24.6 Å². The summed E-state index contributed by atoms with van der Waals surface area (Å²) in [5.74, 6) is -0.505. The van der Waals surface area contributed by atoms with Gasteiger partial charge in [0.05, 0.1) is 30.3 Å². The van der Waals surface area contributed by atoms with Crippen LogP contribution in [0.3, 0.4) is 0 Å². The van der Waals surface area contributed by atoms with E-state index in [4.69, 9.17) is 21.1 Å². The number of piperidine rings is 1. The molecule has 1 aromatic carbocycles. The molecule has 3 amide bonds. The number of alkyl halides is 1. The molecule has 0 saturated carbocycles. The van der Waals surface area contributed by atoms with E-state index < -0.39 is 11.5 Å². The van der Waals surface area contributed by atoms with Gasteiger partial charge in [0.1, 0.15) is 24.8 Å². The average Bonchev–Trinajstić information content (AvgIpc) is 2.64. The zero-order valence-corrected chi connectivity index (χ0v) is 15.8. The normalized spacial score (nSPS) is 26.2. The van der Waals surface area contributed by atoms with Crippen LogP contribution in [-0.2, 0) is 9.53 Å². The number of rotatable bonds is 3. The summed E-state index contributed by atoms with van der Waals surface area (Å²) < 4.78 is 38.7. The molecular weight excluding hydrogens is 396 g/mol. The summed E-state index contributed by atoms with van der Waals surface area (Å²) >= 11 is 5.87. The molecule has 0 aliphatic carbocycles. The van der Waals surface area contributed by atoms with E-state index in [1.165, 1.54) is 17.0 Å². The highest BCUT2D eigenvalue weighted by atomic mass is 35.5. The van der Waals surface area contributed by atoms with Crippen LogP contribution in [0.4, 0.5) is 13.6 Å². The quantitative estimate of drug-likeness (QED) is 0.814. The van der Waals surface area contributed by atoms with E-state index >= 15 is 0 Å². The highest BCUT2D eigenvalue weighted by Gasteiger charge is 2.49. The number of amides is 3. The fourth-order valence-corrected chi connectivity index (χ4v) is 3.96. The molecule has 4 rings (SSSR count). The third-order valence-electron chi connectivity index (χ3n) is 5.19. The number of ether oxygens (including phenoxy) is 2. The summed E-state index contributed by atoms with van der Waals surface area (Å²) in [6.45, 7) is 0.399. The number of hydrogen-bond donors (Lipinski definition) is 1. The molecule has 3 fully saturated rings. The number of carbonyl (C=O) groups is 2. The smallest absolute Gasteiger partial charge is 0.320 e. The van der Waals surface area contributed by atoms with E-state index in [0.717, 1.165) is 6.07 Å². The molecule has 0 spiro atoms. The second-order valence-corrected chi connectivity index (χ2v) is 7.82. The number of halogens is 3. The first-order valence-electron chi connectivity index (χ1n) is 9.05. The summed E-state index contributed by atoms with van der Waals surface area (Å²) in [6, 6.07) is 3.11. The van der Waals surface area contributed by atoms with E-state index in [2.05, 4.69) is 5.32 Å². The van der Waals surface area contributed by atoms with Gasteiger partial charge >= 0.3 is 6.03 Å². The molecule has 0 aromatic heterocycles.